The number of carbonyl (C=O) groups is 1. The van der Waals surface area contributed by atoms with Crippen molar-refractivity contribution in [1.82, 2.24) is 0 Å². The fourth-order valence-electron chi connectivity index (χ4n) is 1.87. The Morgan fingerprint density at radius 3 is 2.53 bits per heavy atom. The third-order valence-electron chi connectivity index (χ3n) is 2.84. The van der Waals surface area contributed by atoms with Gasteiger partial charge in [0.2, 0.25) is 0 Å². The topological polar surface area (TPSA) is 17.1 Å². The highest BCUT2D eigenvalue weighted by atomic mass is 35.5. The van der Waals surface area contributed by atoms with Gasteiger partial charge < -0.3 is 0 Å². The van der Waals surface area contributed by atoms with Crippen LogP contribution in [0.3, 0.4) is 0 Å². The van der Waals surface area contributed by atoms with Crippen molar-refractivity contribution >= 4 is 29.0 Å². The lowest BCUT2D eigenvalue weighted by Gasteiger charge is -2.06. The largest absolute Gasteiger partial charge is 0.294 e. The SMILES string of the molecule is Cc1cc(Cl)ccc1C(=O)Cc1ccc(F)c(Cl)c1. The van der Waals surface area contributed by atoms with Gasteiger partial charge in [0, 0.05) is 17.0 Å². The first-order chi connectivity index (χ1) is 8.97. The molecule has 0 fully saturated rings. The molecule has 0 spiro atoms. The lowest BCUT2D eigenvalue weighted by atomic mass is 9.99. The summed E-state index contributed by atoms with van der Waals surface area (Å²) in [5.41, 5.74) is 2.13. The molecule has 0 aliphatic heterocycles. The normalized spacial score (nSPS) is 10.5. The molecule has 0 atom stereocenters. The van der Waals surface area contributed by atoms with Crippen LogP contribution in [-0.4, -0.2) is 5.78 Å². The molecule has 98 valence electrons. The summed E-state index contributed by atoms with van der Waals surface area (Å²) in [4.78, 5) is 12.2. The molecular formula is C15H11Cl2FO. The summed E-state index contributed by atoms with van der Waals surface area (Å²) in [7, 11) is 0. The van der Waals surface area contributed by atoms with Crippen molar-refractivity contribution in [1.29, 1.82) is 0 Å². The van der Waals surface area contributed by atoms with Gasteiger partial charge in [-0.1, -0.05) is 29.3 Å². The van der Waals surface area contributed by atoms with Gasteiger partial charge in [-0.2, -0.15) is 0 Å². The molecule has 0 aliphatic rings. The molecule has 0 saturated heterocycles. The quantitative estimate of drug-likeness (QED) is 0.739. The Bertz CT molecular complexity index is 638. The highest BCUT2D eigenvalue weighted by molar-refractivity contribution is 6.31. The molecule has 2 aromatic carbocycles. The first-order valence-corrected chi connectivity index (χ1v) is 6.46. The van der Waals surface area contributed by atoms with E-state index in [1.54, 1.807) is 24.3 Å². The fraction of sp³-hybridized carbons (Fsp3) is 0.133. The van der Waals surface area contributed by atoms with Gasteiger partial charge in [-0.25, -0.2) is 4.39 Å². The summed E-state index contributed by atoms with van der Waals surface area (Å²) in [5.74, 6) is -0.530. The number of hydrogen-bond acceptors (Lipinski definition) is 1. The smallest absolute Gasteiger partial charge is 0.167 e. The summed E-state index contributed by atoms with van der Waals surface area (Å²) in [6.07, 6.45) is 0.183. The third-order valence-corrected chi connectivity index (χ3v) is 3.36. The lowest BCUT2D eigenvalue weighted by Crippen LogP contribution is -2.05. The average molecular weight is 297 g/mol. The van der Waals surface area contributed by atoms with Gasteiger partial charge in [-0.05, 0) is 48.4 Å². The van der Waals surface area contributed by atoms with Crippen LogP contribution in [0.5, 0.6) is 0 Å². The Labute approximate surface area is 121 Å². The maximum absolute atomic E-state index is 13.0. The minimum Gasteiger partial charge on any atom is -0.294 e. The number of benzene rings is 2. The molecule has 0 aliphatic carbocycles. The van der Waals surface area contributed by atoms with Crippen LogP contribution < -0.4 is 0 Å². The monoisotopic (exact) mass is 296 g/mol. The zero-order valence-electron chi connectivity index (χ0n) is 10.2. The molecule has 2 rings (SSSR count). The number of carbonyl (C=O) groups excluding carboxylic acids is 1. The number of aryl methyl sites for hydroxylation is 1. The van der Waals surface area contributed by atoms with E-state index in [1.807, 2.05) is 6.92 Å². The average Bonchev–Trinajstić information content (AvgIpc) is 2.33. The Hall–Kier alpha value is -1.38. The molecule has 0 aromatic heterocycles. The van der Waals surface area contributed by atoms with Crippen molar-refractivity contribution in [3.8, 4) is 0 Å². The Morgan fingerprint density at radius 1 is 1.16 bits per heavy atom. The minimum atomic E-state index is -0.486. The molecule has 0 saturated carbocycles. The Kier molecular flexibility index (Phi) is 4.23. The summed E-state index contributed by atoms with van der Waals surface area (Å²) in [6, 6.07) is 9.42. The first-order valence-electron chi connectivity index (χ1n) is 5.70. The van der Waals surface area contributed by atoms with Crippen LogP contribution in [-0.2, 0) is 6.42 Å². The number of hydrogen-bond donors (Lipinski definition) is 0. The molecule has 0 radical (unpaired) electrons. The van der Waals surface area contributed by atoms with E-state index < -0.39 is 5.82 Å². The zero-order valence-corrected chi connectivity index (χ0v) is 11.7. The van der Waals surface area contributed by atoms with E-state index in [-0.39, 0.29) is 17.2 Å². The van der Waals surface area contributed by atoms with Gasteiger partial charge in [-0.3, -0.25) is 4.79 Å². The van der Waals surface area contributed by atoms with Crippen molar-refractivity contribution < 1.29 is 9.18 Å². The molecule has 0 N–H and O–H groups in total. The van der Waals surface area contributed by atoms with Crippen LogP contribution in [0.2, 0.25) is 10.0 Å². The van der Waals surface area contributed by atoms with Crippen LogP contribution in [0.4, 0.5) is 4.39 Å². The van der Waals surface area contributed by atoms with Gasteiger partial charge in [0.25, 0.3) is 0 Å². The summed E-state index contributed by atoms with van der Waals surface area (Å²) in [5, 5.41) is 0.622. The second kappa shape index (κ2) is 5.72. The second-order valence-electron chi connectivity index (χ2n) is 4.31. The molecule has 0 heterocycles. The predicted molar refractivity (Wildman–Crippen MR) is 75.6 cm³/mol. The molecule has 0 bridgehead atoms. The lowest BCUT2D eigenvalue weighted by molar-refractivity contribution is 0.0992. The molecule has 4 heteroatoms. The summed E-state index contributed by atoms with van der Waals surface area (Å²) < 4.78 is 13.0. The number of Topliss-reactive ketones (excluding diaryl/α,β-unsaturated/α-hetero) is 1. The van der Waals surface area contributed by atoms with Crippen molar-refractivity contribution in [3.63, 3.8) is 0 Å². The van der Waals surface area contributed by atoms with E-state index in [0.717, 1.165) is 5.56 Å². The number of halogens is 3. The van der Waals surface area contributed by atoms with E-state index in [9.17, 15) is 9.18 Å². The van der Waals surface area contributed by atoms with Crippen LogP contribution in [0, 0.1) is 12.7 Å². The number of rotatable bonds is 3. The first kappa shape index (κ1) is 14.0. The van der Waals surface area contributed by atoms with E-state index in [1.165, 1.54) is 12.1 Å². The third kappa shape index (κ3) is 3.34. The van der Waals surface area contributed by atoms with Gasteiger partial charge in [0.05, 0.1) is 5.02 Å². The predicted octanol–water partition coefficient (Wildman–Crippen LogP) is 4.87. The molecule has 1 nitrogen and oxygen atoms in total. The van der Waals surface area contributed by atoms with Crippen LogP contribution >= 0.6 is 23.2 Å². The summed E-state index contributed by atoms with van der Waals surface area (Å²) >= 11 is 11.5. The zero-order chi connectivity index (χ0) is 14.0. The maximum atomic E-state index is 13.0. The molecule has 19 heavy (non-hydrogen) atoms. The maximum Gasteiger partial charge on any atom is 0.167 e. The molecule has 2 aromatic rings. The van der Waals surface area contributed by atoms with E-state index in [4.69, 9.17) is 23.2 Å². The summed E-state index contributed by atoms with van der Waals surface area (Å²) in [6.45, 7) is 1.83. The molecular weight excluding hydrogens is 286 g/mol. The molecule has 0 unspecified atom stereocenters. The highest BCUT2D eigenvalue weighted by Gasteiger charge is 2.11. The molecule has 0 amide bonds. The second-order valence-corrected chi connectivity index (χ2v) is 5.15. The van der Waals surface area contributed by atoms with Gasteiger partial charge in [0.15, 0.2) is 5.78 Å². The van der Waals surface area contributed by atoms with Gasteiger partial charge >= 0.3 is 0 Å². The van der Waals surface area contributed by atoms with E-state index in [0.29, 0.717) is 16.1 Å². The van der Waals surface area contributed by atoms with Crippen molar-refractivity contribution in [3.05, 3.63) is 69.0 Å². The Morgan fingerprint density at radius 2 is 1.89 bits per heavy atom. The standard InChI is InChI=1S/C15H11Cl2FO/c1-9-6-11(16)3-4-12(9)15(19)8-10-2-5-14(18)13(17)7-10/h2-7H,8H2,1H3. The Balaban J connectivity index is 2.23. The van der Waals surface area contributed by atoms with Gasteiger partial charge in [-0.15, -0.1) is 0 Å². The van der Waals surface area contributed by atoms with Crippen LogP contribution in [0.25, 0.3) is 0 Å². The van der Waals surface area contributed by atoms with Crippen molar-refractivity contribution in [2.75, 3.05) is 0 Å². The minimum absolute atomic E-state index is 0.0260. The van der Waals surface area contributed by atoms with Crippen LogP contribution in [0.15, 0.2) is 36.4 Å². The van der Waals surface area contributed by atoms with Crippen molar-refractivity contribution in [2.24, 2.45) is 0 Å². The van der Waals surface area contributed by atoms with Crippen LogP contribution in [0.1, 0.15) is 21.5 Å². The number of ketones is 1. The highest BCUT2D eigenvalue weighted by Crippen LogP contribution is 2.20. The van der Waals surface area contributed by atoms with E-state index in [2.05, 4.69) is 0 Å². The van der Waals surface area contributed by atoms with E-state index >= 15 is 0 Å². The van der Waals surface area contributed by atoms with Gasteiger partial charge in [0.1, 0.15) is 5.82 Å². The fourth-order valence-corrected chi connectivity index (χ4v) is 2.30. The van der Waals surface area contributed by atoms with Crippen molar-refractivity contribution in [2.45, 2.75) is 13.3 Å².